The van der Waals surface area contributed by atoms with Crippen LogP contribution in [0.5, 0.6) is 0 Å². The van der Waals surface area contributed by atoms with E-state index in [9.17, 15) is 0 Å². The molecule has 0 saturated heterocycles. The second kappa shape index (κ2) is 5.96. The highest BCUT2D eigenvalue weighted by Crippen LogP contribution is 2.54. The van der Waals surface area contributed by atoms with Gasteiger partial charge in [0.05, 0.1) is 5.41 Å². The Kier molecular flexibility index (Phi) is 3.39. The van der Waals surface area contributed by atoms with Crippen molar-refractivity contribution < 1.29 is 0 Å². The summed E-state index contributed by atoms with van der Waals surface area (Å²) in [5.74, 6) is 2.35. The first kappa shape index (κ1) is 15.9. The molecule has 4 aromatic rings. The molecule has 0 saturated carbocycles. The third-order valence-electron chi connectivity index (χ3n) is 6.12. The van der Waals surface area contributed by atoms with Gasteiger partial charge in [-0.1, -0.05) is 91.0 Å². The molecule has 1 heteroatoms. The van der Waals surface area contributed by atoms with Gasteiger partial charge in [0.15, 0.2) is 0 Å². The highest BCUT2D eigenvalue weighted by atomic mass is 31.0. The van der Waals surface area contributed by atoms with Crippen LogP contribution in [0.1, 0.15) is 22.3 Å². The largest absolute Gasteiger partial charge is 0.131 e. The zero-order valence-electron chi connectivity index (χ0n) is 15.4. The molecule has 1 unspecified atom stereocenters. The fourth-order valence-electron chi connectivity index (χ4n) is 4.97. The van der Waals surface area contributed by atoms with Crippen LogP contribution in [0.4, 0.5) is 0 Å². The summed E-state index contributed by atoms with van der Waals surface area (Å²) in [6.45, 7) is 0. The van der Waals surface area contributed by atoms with E-state index in [4.69, 9.17) is 0 Å². The van der Waals surface area contributed by atoms with Gasteiger partial charge in [-0.15, -0.1) is 7.83 Å². The number of hydrogen-bond acceptors (Lipinski definition) is 0. The Morgan fingerprint density at radius 2 is 1.18 bits per heavy atom. The predicted octanol–water partition coefficient (Wildman–Crippen LogP) is 6.13. The minimum Gasteiger partial charge on any atom is -0.131 e. The molecule has 0 nitrogen and oxygen atoms in total. The molecule has 2 aliphatic rings. The van der Waals surface area contributed by atoms with E-state index in [2.05, 4.69) is 109 Å². The average molecular weight is 374 g/mol. The molecule has 1 atom stereocenters. The summed E-state index contributed by atoms with van der Waals surface area (Å²) in [5.41, 5.74) is 6.75. The van der Waals surface area contributed by atoms with Gasteiger partial charge in [0.2, 0.25) is 0 Å². The van der Waals surface area contributed by atoms with Crippen molar-refractivity contribution in [1.29, 1.82) is 0 Å². The molecule has 0 fully saturated rings. The molecular formula is C27H19P. The molecule has 132 valence electrons. The van der Waals surface area contributed by atoms with E-state index in [0.717, 1.165) is 7.83 Å². The van der Waals surface area contributed by atoms with Crippen molar-refractivity contribution in [3.8, 4) is 0 Å². The van der Waals surface area contributed by atoms with Gasteiger partial charge in [-0.05, 0) is 56.5 Å². The van der Waals surface area contributed by atoms with Gasteiger partial charge in [0, 0.05) is 5.29 Å². The Morgan fingerprint density at radius 3 is 1.82 bits per heavy atom. The summed E-state index contributed by atoms with van der Waals surface area (Å²) in [7, 11) is 0.736. The number of allylic oxidation sites excluding steroid dienone is 2. The molecule has 1 aliphatic heterocycles. The minimum atomic E-state index is -0.239. The second-order valence-electron chi connectivity index (χ2n) is 7.49. The zero-order valence-corrected chi connectivity index (χ0v) is 16.4. The number of fused-ring (bicyclic) bond motifs is 4. The van der Waals surface area contributed by atoms with E-state index >= 15 is 0 Å². The van der Waals surface area contributed by atoms with Gasteiger partial charge in [-0.2, -0.15) is 0 Å². The molecule has 0 N–H and O–H groups in total. The summed E-state index contributed by atoms with van der Waals surface area (Å²) in [6, 6.07) is 35.6. The van der Waals surface area contributed by atoms with Crippen molar-refractivity contribution in [2.75, 3.05) is 0 Å². The quantitative estimate of drug-likeness (QED) is 0.370. The van der Waals surface area contributed by atoms with Crippen LogP contribution >= 0.6 is 7.83 Å². The summed E-state index contributed by atoms with van der Waals surface area (Å²) in [4.78, 5) is 0. The van der Waals surface area contributed by atoms with Crippen LogP contribution < -0.4 is 0 Å². The molecule has 28 heavy (non-hydrogen) atoms. The first-order valence-corrected chi connectivity index (χ1v) is 10.8. The summed E-state index contributed by atoms with van der Waals surface area (Å²) in [5, 5.41) is 4.14. The maximum absolute atomic E-state index is 2.43. The zero-order chi connectivity index (χ0) is 18.6. The van der Waals surface area contributed by atoms with Gasteiger partial charge >= 0.3 is 0 Å². The standard InChI is InChI=1S/C27H19P/c1-3-11-21(12-4-1)27(22-13-5-2-6-14-22)24-15-16-28-26(24)23-17-19-9-7-8-10-20(19)18-25(23)27/h1-18,28H. The lowest BCUT2D eigenvalue weighted by Crippen LogP contribution is -2.29. The summed E-state index contributed by atoms with van der Waals surface area (Å²) >= 11 is 0. The molecule has 0 bridgehead atoms. The maximum atomic E-state index is 2.43. The molecule has 6 rings (SSSR count). The molecule has 0 aromatic heterocycles. The van der Waals surface area contributed by atoms with E-state index in [1.165, 1.54) is 43.9 Å². The lowest BCUT2D eigenvalue weighted by atomic mass is 9.67. The number of rotatable bonds is 2. The fraction of sp³-hybridized carbons (Fsp3) is 0.0370. The van der Waals surface area contributed by atoms with Gasteiger partial charge < -0.3 is 0 Å². The van der Waals surface area contributed by atoms with Gasteiger partial charge in [0.25, 0.3) is 0 Å². The van der Waals surface area contributed by atoms with Crippen molar-refractivity contribution >= 4 is 29.7 Å². The van der Waals surface area contributed by atoms with E-state index in [1.54, 1.807) is 0 Å². The van der Waals surface area contributed by atoms with Crippen molar-refractivity contribution in [2.24, 2.45) is 0 Å². The van der Waals surface area contributed by atoms with Crippen LogP contribution in [0.3, 0.4) is 0 Å². The Hall–Kier alpha value is -3.08. The minimum absolute atomic E-state index is 0.239. The highest BCUT2D eigenvalue weighted by molar-refractivity contribution is 7.44. The first-order chi connectivity index (χ1) is 13.9. The summed E-state index contributed by atoms with van der Waals surface area (Å²) < 4.78 is 0. The Bertz CT molecular complexity index is 1280. The third-order valence-corrected chi connectivity index (χ3v) is 7.28. The molecule has 4 aromatic carbocycles. The van der Waals surface area contributed by atoms with Crippen molar-refractivity contribution in [3.05, 3.63) is 131 Å². The van der Waals surface area contributed by atoms with Gasteiger partial charge in [0.1, 0.15) is 0 Å². The average Bonchev–Trinajstić information content (AvgIpc) is 3.34. The Labute approximate surface area is 166 Å². The third kappa shape index (κ3) is 2.02. The van der Waals surface area contributed by atoms with Crippen LogP contribution in [0.2, 0.25) is 0 Å². The van der Waals surface area contributed by atoms with Crippen molar-refractivity contribution in [2.45, 2.75) is 5.41 Å². The fourth-order valence-corrected chi connectivity index (χ4v) is 6.18. The van der Waals surface area contributed by atoms with Crippen molar-refractivity contribution in [1.82, 2.24) is 0 Å². The maximum Gasteiger partial charge on any atom is 0.0717 e. The van der Waals surface area contributed by atoms with Crippen LogP contribution in [0, 0.1) is 0 Å². The van der Waals surface area contributed by atoms with Crippen molar-refractivity contribution in [3.63, 3.8) is 0 Å². The van der Waals surface area contributed by atoms with E-state index in [-0.39, 0.29) is 5.41 Å². The van der Waals surface area contributed by atoms with E-state index in [0.29, 0.717) is 0 Å². The van der Waals surface area contributed by atoms with Crippen LogP contribution in [-0.2, 0) is 5.41 Å². The summed E-state index contributed by atoms with van der Waals surface area (Å²) in [6.07, 6.45) is 2.37. The highest BCUT2D eigenvalue weighted by Gasteiger charge is 2.48. The first-order valence-electron chi connectivity index (χ1n) is 9.71. The number of benzene rings is 4. The molecule has 1 aliphatic carbocycles. The smallest absolute Gasteiger partial charge is 0.0717 e. The van der Waals surface area contributed by atoms with E-state index in [1.807, 2.05) is 0 Å². The van der Waals surface area contributed by atoms with Gasteiger partial charge in [-0.25, -0.2) is 0 Å². The number of hydrogen-bond donors (Lipinski definition) is 0. The van der Waals surface area contributed by atoms with Crippen LogP contribution in [0.25, 0.3) is 10.8 Å². The Balaban J connectivity index is 1.81. The Morgan fingerprint density at radius 1 is 0.607 bits per heavy atom. The predicted molar refractivity (Wildman–Crippen MR) is 123 cm³/mol. The monoisotopic (exact) mass is 374 g/mol. The van der Waals surface area contributed by atoms with Gasteiger partial charge in [-0.3, -0.25) is 0 Å². The molecule has 0 amide bonds. The van der Waals surface area contributed by atoms with Crippen LogP contribution in [0.15, 0.2) is 109 Å². The SMILES string of the molecule is C1=[PH]=C2C(=C1)C(c1ccccc1)(c1ccccc1)c1cc3ccccc3cc12. The molecule has 0 spiro atoms. The second-order valence-corrected chi connectivity index (χ2v) is 8.62. The van der Waals surface area contributed by atoms with Crippen LogP contribution in [-0.4, -0.2) is 11.1 Å². The molecular weight excluding hydrogens is 355 g/mol. The lowest BCUT2D eigenvalue weighted by Gasteiger charge is -2.33. The normalized spacial score (nSPS) is 16.7. The molecule has 0 radical (unpaired) electrons. The topological polar surface area (TPSA) is 0 Å². The molecule has 1 heterocycles. The lowest BCUT2D eigenvalue weighted by molar-refractivity contribution is 0.774. The van der Waals surface area contributed by atoms with E-state index < -0.39 is 0 Å².